The second-order valence-electron chi connectivity index (χ2n) is 3.65. The number of ether oxygens (including phenoxy) is 1. The Morgan fingerprint density at radius 1 is 1.33 bits per heavy atom. The van der Waals surface area contributed by atoms with Gasteiger partial charge in [-0.3, -0.25) is 0 Å². The first kappa shape index (κ1) is 14.5. The summed E-state index contributed by atoms with van der Waals surface area (Å²) in [6.45, 7) is 4.12. The Morgan fingerprint density at radius 3 is 2.56 bits per heavy atom. The summed E-state index contributed by atoms with van der Waals surface area (Å²) in [6, 6.07) is 7.35. The van der Waals surface area contributed by atoms with Gasteiger partial charge in [0.1, 0.15) is 0 Å². The summed E-state index contributed by atoms with van der Waals surface area (Å²) < 4.78 is 4.75. The van der Waals surface area contributed by atoms with Gasteiger partial charge in [-0.25, -0.2) is 10.2 Å². The van der Waals surface area contributed by atoms with Crippen molar-refractivity contribution in [2.75, 3.05) is 6.61 Å². The third kappa shape index (κ3) is 4.75. The van der Waals surface area contributed by atoms with Crippen molar-refractivity contribution in [2.24, 2.45) is 5.10 Å². The summed E-state index contributed by atoms with van der Waals surface area (Å²) in [5, 5.41) is 4.75. The van der Waals surface area contributed by atoms with Crippen molar-refractivity contribution < 1.29 is 9.53 Å². The van der Waals surface area contributed by atoms with Gasteiger partial charge in [0.25, 0.3) is 0 Å². The molecule has 0 unspecified atom stereocenters. The fourth-order valence-electron chi connectivity index (χ4n) is 1.42. The second-order valence-corrected chi connectivity index (χ2v) is 4.08. The summed E-state index contributed by atoms with van der Waals surface area (Å²) in [6.07, 6.45) is 1.17. The third-order valence-corrected chi connectivity index (χ3v) is 2.47. The number of nitrogens with one attached hydrogen (secondary N) is 1. The van der Waals surface area contributed by atoms with Crippen LogP contribution in [-0.2, 0) is 4.74 Å². The molecule has 98 valence electrons. The number of benzene rings is 1. The maximum absolute atomic E-state index is 11.2. The zero-order valence-corrected chi connectivity index (χ0v) is 11.3. The molecule has 0 saturated carbocycles. The number of carbonyl (C=O) groups is 1. The van der Waals surface area contributed by atoms with E-state index in [0.717, 1.165) is 24.1 Å². The zero-order valence-electron chi connectivity index (χ0n) is 10.6. The maximum Gasteiger partial charge on any atom is 0.427 e. The molecule has 0 spiro atoms. The van der Waals surface area contributed by atoms with Crippen LogP contribution in [0.3, 0.4) is 0 Å². The molecule has 0 radical (unpaired) electrons. The highest BCUT2D eigenvalue weighted by Crippen LogP contribution is 2.12. The molecule has 0 heterocycles. The molecular weight excluding hydrogens is 252 g/mol. The van der Waals surface area contributed by atoms with Gasteiger partial charge < -0.3 is 4.74 Å². The Balaban J connectivity index is 2.78. The van der Waals surface area contributed by atoms with E-state index in [-0.39, 0.29) is 0 Å². The van der Waals surface area contributed by atoms with Gasteiger partial charge in [-0.2, -0.15) is 5.10 Å². The van der Waals surface area contributed by atoms with Crippen molar-refractivity contribution >= 4 is 23.4 Å². The molecule has 1 rings (SSSR count). The van der Waals surface area contributed by atoms with Crippen molar-refractivity contribution in [3.63, 3.8) is 0 Å². The van der Waals surface area contributed by atoms with Crippen LogP contribution in [-0.4, -0.2) is 18.4 Å². The molecule has 1 amide bonds. The molecule has 0 aliphatic rings. The number of hydrogen-bond donors (Lipinski definition) is 1. The summed E-state index contributed by atoms with van der Waals surface area (Å²) in [4.78, 5) is 11.2. The Bertz CT molecular complexity index is 416. The largest absolute Gasteiger partial charge is 0.449 e. The number of rotatable bonds is 5. The van der Waals surface area contributed by atoms with Crippen LogP contribution in [0.2, 0.25) is 5.02 Å². The highest BCUT2D eigenvalue weighted by atomic mass is 35.5. The molecule has 0 aromatic heterocycles. The monoisotopic (exact) mass is 268 g/mol. The van der Waals surface area contributed by atoms with Gasteiger partial charge in [0.05, 0.1) is 12.3 Å². The standard InChI is InChI=1S/C13H17ClN2O2/c1-3-5-12(15-16-13(17)18-4-2)10-6-8-11(14)9-7-10/h6-9H,3-5H2,1-2H3,(H,16,17)/b15-12-. The lowest BCUT2D eigenvalue weighted by molar-refractivity contribution is 0.152. The first-order valence-electron chi connectivity index (χ1n) is 5.92. The molecule has 5 heteroatoms. The van der Waals surface area contributed by atoms with Gasteiger partial charge in [0, 0.05) is 5.02 Å². The van der Waals surface area contributed by atoms with Crippen LogP contribution < -0.4 is 5.43 Å². The lowest BCUT2D eigenvalue weighted by atomic mass is 10.1. The molecule has 1 N–H and O–H groups in total. The predicted molar refractivity (Wildman–Crippen MR) is 73.1 cm³/mol. The number of amides is 1. The van der Waals surface area contributed by atoms with Gasteiger partial charge >= 0.3 is 6.09 Å². The van der Waals surface area contributed by atoms with E-state index in [1.165, 1.54) is 0 Å². The van der Waals surface area contributed by atoms with Crippen LogP contribution in [0.25, 0.3) is 0 Å². The molecule has 1 aromatic carbocycles. The van der Waals surface area contributed by atoms with Crippen LogP contribution >= 0.6 is 11.6 Å². The van der Waals surface area contributed by atoms with E-state index < -0.39 is 6.09 Å². The van der Waals surface area contributed by atoms with E-state index in [0.29, 0.717) is 11.6 Å². The van der Waals surface area contributed by atoms with Gasteiger partial charge in [-0.05, 0) is 31.0 Å². The lowest BCUT2D eigenvalue weighted by Crippen LogP contribution is -2.21. The fraction of sp³-hybridized carbons (Fsp3) is 0.385. The topological polar surface area (TPSA) is 50.7 Å². The van der Waals surface area contributed by atoms with Crippen LogP contribution in [0.1, 0.15) is 32.3 Å². The van der Waals surface area contributed by atoms with E-state index in [1.807, 2.05) is 12.1 Å². The number of nitrogens with zero attached hydrogens (tertiary/aromatic N) is 1. The molecule has 0 aliphatic heterocycles. The Labute approximate surface area is 112 Å². The summed E-state index contributed by atoms with van der Waals surface area (Å²) >= 11 is 5.83. The summed E-state index contributed by atoms with van der Waals surface area (Å²) in [5.41, 5.74) is 4.13. The molecule has 0 aliphatic carbocycles. The van der Waals surface area contributed by atoms with E-state index in [1.54, 1.807) is 19.1 Å². The number of hydrazone groups is 1. The maximum atomic E-state index is 11.2. The fourth-order valence-corrected chi connectivity index (χ4v) is 1.55. The molecular formula is C13H17ClN2O2. The second kappa shape index (κ2) is 7.71. The average Bonchev–Trinajstić information content (AvgIpc) is 2.36. The predicted octanol–water partition coefficient (Wildman–Crippen LogP) is 3.59. The summed E-state index contributed by atoms with van der Waals surface area (Å²) in [7, 11) is 0. The van der Waals surface area contributed by atoms with Crippen LogP contribution in [0, 0.1) is 0 Å². The molecule has 0 bridgehead atoms. The quantitative estimate of drug-likeness (QED) is 0.655. The average molecular weight is 269 g/mol. The van der Waals surface area contributed by atoms with Crippen molar-refractivity contribution in [1.82, 2.24) is 5.43 Å². The highest BCUT2D eigenvalue weighted by Gasteiger charge is 2.04. The van der Waals surface area contributed by atoms with E-state index >= 15 is 0 Å². The van der Waals surface area contributed by atoms with Gasteiger partial charge in [0.15, 0.2) is 0 Å². The number of halogens is 1. The molecule has 0 atom stereocenters. The lowest BCUT2D eigenvalue weighted by Gasteiger charge is -2.06. The van der Waals surface area contributed by atoms with Crippen molar-refractivity contribution in [3.05, 3.63) is 34.9 Å². The van der Waals surface area contributed by atoms with Gasteiger partial charge in [-0.15, -0.1) is 0 Å². The number of hydrogen-bond acceptors (Lipinski definition) is 3. The zero-order chi connectivity index (χ0) is 13.4. The first-order chi connectivity index (χ1) is 8.67. The van der Waals surface area contributed by atoms with Gasteiger partial charge in [-0.1, -0.05) is 37.1 Å². The molecule has 18 heavy (non-hydrogen) atoms. The third-order valence-electron chi connectivity index (χ3n) is 2.22. The molecule has 1 aromatic rings. The highest BCUT2D eigenvalue weighted by molar-refractivity contribution is 6.30. The molecule has 0 fully saturated rings. The molecule has 0 saturated heterocycles. The minimum atomic E-state index is -0.542. The Morgan fingerprint density at radius 2 is 2.00 bits per heavy atom. The van der Waals surface area contributed by atoms with E-state index in [2.05, 4.69) is 17.5 Å². The number of carbonyl (C=O) groups excluding carboxylic acids is 1. The SMILES string of the molecule is CCC/C(=N/NC(=O)OCC)c1ccc(Cl)cc1. The van der Waals surface area contributed by atoms with Crippen molar-refractivity contribution in [1.29, 1.82) is 0 Å². The molecule has 4 nitrogen and oxygen atoms in total. The van der Waals surface area contributed by atoms with Crippen molar-refractivity contribution in [2.45, 2.75) is 26.7 Å². The van der Waals surface area contributed by atoms with E-state index in [9.17, 15) is 4.79 Å². The van der Waals surface area contributed by atoms with Crippen molar-refractivity contribution in [3.8, 4) is 0 Å². The normalized spacial score (nSPS) is 11.2. The minimum Gasteiger partial charge on any atom is -0.449 e. The van der Waals surface area contributed by atoms with Crippen LogP contribution in [0.15, 0.2) is 29.4 Å². The Kier molecular flexibility index (Phi) is 6.22. The summed E-state index contributed by atoms with van der Waals surface area (Å²) in [5.74, 6) is 0. The first-order valence-corrected chi connectivity index (χ1v) is 6.30. The Hall–Kier alpha value is -1.55. The van der Waals surface area contributed by atoms with Crippen LogP contribution in [0.4, 0.5) is 4.79 Å². The minimum absolute atomic E-state index is 0.325. The van der Waals surface area contributed by atoms with E-state index in [4.69, 9.17) is 16.3 Å². The smallest absolute Gasteiger partial charge is 0.427 e. The van der Waals surface area contributed by atoms with Gasteiger partial charge in [0.2, 0.25) is 0 Å². The van der Waals surface area contributed by atoms with Crippen LogP contribution in [0.5, 0.6) is 0 Å².